The fourth-order valence-corrected chi connectivity index (χ4v) is 4.31. The zero-order valence-electron chi connectivity index (χ0n) is 16.3. The number of nitrogens with zero attached hydrogens (tertiary/aromatic N) is 2. The number of carbonyl (C=O) groups excluding carboxylic acids is 1. The lowest BCUT2D eigenvalue weighted by Crippen LogP contribution is -2.47. The van der Waals surface area contributed by atoms with Crippen molar-refractivity contribution in [2.75, 3.05) is 26.7 Å². The molecule has 2 heterocycles. The van der Waals surface area contributed by atoms with Crippen molar-refractivity contribution < 1.29 is 9.53 Å². The van der Waals surface area contributed by atoms with Gasteiger partial charge in [0.2, 0.25) is 5.91 Å². The first-order valence-electron chi connectivity index (χ1n) is 9.64. The summed E-state index contributed by atoms with van der Waals surface area (Å²) < 4.78 is 5.85. The summed E-state index contributed by atoms with van der Waals surface area (Å²) in [5.41, 5.74) is 3.98. The van der Waals surface area contributed by atoms with Crippen molar-refractivity contribution >= 4 is 5.91 Å². The van der Waals surface area contributed by atoms with Gasteiger partial charge in [-0.25, -0.2) is 0 Å². The average molecular weight is 344 g/mol. The van der Waals surface area contributed by atoms with Gasteiger partial charge in [0.25, 0.3) is 0 Å². The quantitative estimate of drug-likeness (QED) is 0.819. The summed E-state index contributed by atoms with van der Waals surface area (Å²) in [7, 11) is 1.97. The van der Waals surface area contributed by atoms with Crippen molar-refractivity contribution in [3.63, 3.8) is 0 Å². The zero-order chi connectivity index (χ0) is 18.1. The Morgan fingerprint density at radius 3 is 2.76 bits per heavy atom. The number of ether oxygens (including phenoxy) is 1. The number of aryl methyl sites for hydroxylation is 1. The van der Waals surface area contributed by atoms with Crippen LogP contribution in [0.5, 0.6) is 5.75 Å². The zero-order valence-corrected chi connectivity index (χ0v) is 16.3. The summed E-state index contributed by atoms with van der Waals surface area (Å²) in [5.74, 6) is 2.35. The predicted molar refractivity (Wildman–Crippen MR) is 101 cm³/mol. The van der Waals surface area contributed by atoms with Crippen LogP contribution >= 0.6 is 0 Å². The van der Waals surface area contributed by atoms with E-state index in [-0.39, 0.29) is 0 Å². The van der Waals surface area contributed by atoms with Crippen LogP contribution < -0.4 is 4.74 Å². The Hall–Kier alpha value is -1.55. The second-order valence-corrected chi connectivity index (χ2v) is 7.96. The third kappa shape index (κ3) is 3.69. The Morgan fingerprint density at radius 2 is 2.08 bits per heavy atom. The number of amides is 1. The lowest BCUT2D eigenvalue weighted by atomic mass is 9.91. The van der Waals surface area contributed by atoms with Gasteiger partial charge < -0.3 is 9.64 Å². The van der Waals surface area contributed by atoms with Gasteiger partial charge >= 0.3 is 0 Å². The summed E-state index contributed by atoms with van der Waals surface area (Å²) in [6.45, 7) is 12.4. The first kappa shape index (κ1) is 18.2. The van der Waals surface area contributed by atoms with Gasteiger partial charge in [0.15, 0.2) is 0 Å². The van der Waals surface area contributed by atoms with Gasteiger partial charge in [0.1, 0.15) is 5.75 Å². The van der Waals surface area contributed by atoms with Crippen LogP contribution in [0.3, 0.4) is 0 Å². The van der Waals surface area contributed by atoms with Crippen LogP contribution in [-0.2, 0) is 11.3 Å². The van der Waals surface area contributed by atoms with Crippen molar-refractivity contribution in [2.24, 2.45) is 5.92 Å². The molecule has 1 aromatic rings. The molecule has 1 amide bonds. The molecule has 25 heavy (non-hydrogen) atoms. The molecule has 4 heteroatoms. The number of fused-ring (bicyclic) bond motifs is 1. The predicted octanol–water partition coefficient (Wildman–Crippen LogP) is 3.57. The van der Waals surface area contributed by atoms with Gasteiger partial charge in [-0.15, -0.1) is 0 Å². The number of piperidine rings is 1. The number of likely N-dealkylation sites (tertiary alicyclic amines) is 2. The van der Waals surface area contributed by atoms with E-state index in [2.05, 4.69) is 37.8 Å². The number of hydrogen-bond donors (Lipinski definition) is 0. The molecule has 2 atom stereocenters. The third-order valence-electron chi connectivity index (χ3n) is 5.92. The Balaban J connectivity index is 1.76. The van der Waals surface area contributed by atoms with E-state index < -0.39 is 0 Å². The maximum atomic E-state index is 12.0. The summed E-state index contributed by atoms with van der Waals surface area (Å²) in [6.07, 6.45) is 1.88. The first-order valence-corrected chi connectivity index (χ1v) is 9.64. The SMILES string of the molecule is CCOc1cc(C)c(CN2CC[C@@H]3CC(=O)N(C)[C@@H]3C2)cc1C(C)C. The van der Waals surface area contributed by atoms with E-state index in [0.717, 1.165) is 38.2 Å². The molecule has 3 rings (SSSR count). The summed E-state index contributed by atoms with van der Waals surface area (Å²) in [5, 5.41) is 0. The highest BCUT2D eigenvalue weighted by atomic mass is 16.5. The lowest BCUT2D eigenvalue weighted by Gasteiger charge is -2.37. The van der Waals surface area contributed by atoms with Crippen LogP contribution in [0, 0.1) is 12.8 Å². The van der Waals surface area contributed by atoms with Crippen LogP contribution in [0.1, 0.15) is 56.2 Å². The molecule has 0 saturated carbocycles. The van der Waals surface area contributed by atoms with Crippen molar-refractivity contribution in [2.45, 2.75) is 59.0 Å². The van der Waals surface area contributed by atoms with Crippen molar-refractivity contribution in [1.29, 1.82) is 0 Å². The van der Waals surface area contributed by atoms with E-state index in [1.54, 1.807) is 0 Å². The van der Waals surface area contributed by atoms with E-state index in [9.17, 15) is 4.79 Å². The largest absolute Gasteiger partial charge is 0.494 e. The molecular weight excluding hydrogens is 312 g/mol. The van der Waals surface area contributed by atoms with E-state index in [4.69, 9.17) is 4.74 Å². The minimum Gasteiger partial charge on any atom is -0.494 e. The highest BCUT2D eigenvalue weighted by Crippen LogP contribution is 2.34. The smallest absolute Gasteiger partial charge is 0.222 e. The lowest BCUT2D eigenvalue weighted by molar-refractivity contribution is -0.127. The van der Waals surface area contributed by atoms with Gasteiger partial charge in [-0.2, -0.15) is 0 Å². The standard InChI is InChI=1S/C21H32N2O2/c1-6-25-20-9-15(4)17(10-18(20)14(2)3)12-23-8-7-16-11-21(24)22(5)19(16)13-23/h9-10,14,16,19H,6-8,11-13H2,1-5H3/t16-,19-/m1/s1. The molecule has 1 aromatic carbocycles. The molecule has 2 aliphatic rings. The molecule has 0 bridgehead atoms. The minimum absolute atomic E-state index is 0.316. The van der Waals surface area contributed by atoms with Crippen LogP contribution in [0.2, 0.25) is 0 Å². The maximum absolute atomic E-state index is 12.0. The Kier molecular flexibility index (Phi) is 5.38. The van der Waals surface area contributed by atoms with Crippen LogP contribution in [0.15, 0.2) is 12.1 Å². The van der Waals surface area contributed by atoms with Crippen molar-refractivity contribution in [3.05, 3.63) is 28.8 Å². The second-order valence-electron chi connectivity index (χ2n) is 7.96. The number of carbonyl (C=O) groups is 1. The van der Waals surface area contributed by atoms with Gasteiger partial charge in [0, 0.05) is 32.6 Å². The number of benzene rings is 1. The first-order chi connectivity index (χ1) is 11.9. The highest BCUT2D eigenvalue weighted by molar-refractivity contribution is 5.79. The Bertz CT molecular complexity index is 641. The van der Waals surface area contributed by atoms with E-state index in [1.165, 1.54) is 16.7 Å². The van der Waals surface area contributed by atoms with E-state index in [0.29, 0.717) is 30.4 Å². The Morgan fingerprint density at radius 1 is 1.32 bits per heavy atom. The molecule has 2 fully saturated rings. The molecule has 0 unspecified atom stereocenters. The summed E-state index contributed by atoms with van der Waals surface area (Å²) >= 11 is 0. The molecule has 0 N–H and O–H groups in total. The summed E-state index contributed by atoms with van der Waals surface area (Å²) in [4.78, 5) is 16.5. The molecular formula is C21H32N2O2. The maximum Gasteiger partial charge on any atom is 0.222 e. The normalized spacial score (nSPS) is 24.1. The number of hydrogen-bond acceptors (Lipinski definition) is 3. The van der Waals surface area contributed by atoms with Crippen molar-refractivity contribution in [1.82, 2.24) is 9.80 Å². The van der Waals surface area contributed by atoms with Crippen LogP contribution in [0.25, 0.3) is 0 Å². The van der Waals surface area contributed by atoms with Crippen LogP contribution in [-0.4, -0.2) is 48.5 Å². The molecule has 2 aliphatic heterocycles. The van der Waals surface area contributed by atoms with Gasteiger partial charge in [-0.3, -0.25) is 9.69 Å². The Labute approximate surface area is 152 Å². The number of rotatable bonds is 5. The van der Waals surface area contributed by atoms with Gasteiger partial charge in [-0.1, -0.05) is 19.9 Å². The molecule has 0 radical (unpaired) electrons. The van der Waals surface area contributed by atoms with Crippen molar-refractivity contribution in [3.8, 4) is 5.75 Å². The minimum atomic E-state index is 0.316. The molecule has 138 valence electrons. The molecule has 2 saturated heterocycles. The second kappa shape index (κ2) is 7.36. The van der Waals surface area contributed by atoms with Gasteiger partial charge in [0.05, 0.1) is 6.61 Å². The third-order valence-corrected chi connectivity index (χ3v) is 5.92. The van der Waals surface area contributed by atoms with Crippen LogP contribution in [0.4, 0.5) is 0 Å². The fourth-order valence-electron chi connectivity index (χ4n) is 4.31. The molecule has 4 nitrogen and oxygen atoms in total. The monoisotopic (exact) mass is 344 g/mol. The topological polar surface area (TPSA) is 32.8 Å². The summed E-state index contributed by atoms with van der Waals surface area (Å²) in [6, 6.07) is 4.93. The van der Waals surface area contributed by atoms with Gasteiger partial charge in [-0.05, 0) is 61.4 Å². The molecule has 0 aromatic heterocycles. The molecule has 0 aliphatic carbocycles. The number of likely N-dealkylation sites (N-methyl/N-ethyl adjacent to an activating group) is 1. The van der Waals surface area contributed by atoms with E-state index in [1.807, 2.05) is 18.9 Å². The average Bonchev–Trinajstić information content (AvgIpc) is 2.84. The highest BCUT2D eigenvalue weighted by Gasteiger charge is 2.40. The van der Waals surface area contributed by atoms with E-state index >= 15 is 0 Å². The molecule has 0 spiro atoms. The fraction of sp³-hybridized carbons (Fsp3) is 0.667.